The second-order valence-corrected chi connectivity index (χ2v) is 3.86. The molecule has 2 aromatic rings. The highest BCUT2D eigenvalue weighted by atomic mass is 32.1. The van der Waals surface area contributed by atoms with Gasteiger partial charge in [0.15, 0.2) is 0 Å². The average molecular weight is 241 g/mol. The number of hydrogen-bond donors (Lipinski definition) is 1. The molecule has 0 spiro atoms. The highest BCUT2D eigenvalue weighted by molar-refractivity contribution is 7.11. The molecule has 82 valence electrons. The number of nitrogens with zero attached hydrogens (tertiary/aromatic N) is 1. The van der Waals surface area contributed by atoms with Crippen LogP contribution in [0.5, 0.6) is 0 Å². The molecule has 0 bridgehead atoms. The number of aromatic nitrogens is 1. The van der Waals surface area contributed by atoms with Crippen LogP contribution in [0.15, 0.2) is 23.6 Å². The van der Waals surface area contributed by atoms with Gasteiger partial charge in [0, 0.05) is 17.0 Å². The molecule has 0 atom stereocenters. The fourth-order valence-electron chi connectivity index (χ4n) is 1.21. The lowest BCUT2D eigenvalue weighted by Crippen LogP contribution is -1.94. The zero-order valence-corrected chi connectivity index (χ0v) is 8.59. The van der Waals surface area contributed by atoms with Crippen molar-refractivity contribution in [2.24, 2.45) is 0 Å². The van der Waals surface area contributed by atoms with Crippen LogP contribution in [0.1, 0.15) is 9.80 Å². The van der Waals surface area contributed by atoms with Gasteiger partial charge in [-0.1, -0.05) is 0 Å². The van der Waals surface area contributed by atoms with E-state index in [1.165, 1.54) is 5.38 Å². The number of thiazole rings is 1. The Bertz CT molecular complexity index is 533. The molecule has 0 amide bonds. The Kier molecular flexibility index (Phi) is 2.66. The van der Waals surface area contributed by atoms with E-state index in [-0.39, 0.29) is 16.3 Å². The summed E-state index contributed by atoms with van der Waals surface area (Å²) < 4.78 is 25.8. The second-order valence-electron chi connectivity index (χ2n) is 3.00. The summed E-state index contributed by atoms with van der Waals surface area (Å²) in [6.07, 6.45) is 0. The number of hydrogen-bond acceptors (Lipinski definition) is 3. The SMILES string of the molecule is O=C(O)c1nc(-c2cc(F)cc(F)c2)cs1. The van der Waals surface area contributed by atoms with E-state index in [0.717, 1.165) is 29.5 Å². The molecule has 1 heterocycles. The number of aromatic carboxylic acids is 1. The van der Waals surface area contributed by atoms with Crippen molar-refractivity contribution in [1.29, 1.82) is 0 Å². The quantitative estimate of drug-likeness (QED) is 0.879. The molecule has 1 N–H and O–H groups in total. The van der Waals surface area contributed by atoms with E-state index < -0.39 is 17.6 Å². The third-order valence-electron chi connectivity index (χ3n) is 1.85. The number of halogens is 2. The van der Waals surface area contributed by atoms with Crippen molar-refractivity contribution in [2.75, 3.05) is 0 Å². The van der Waals surface area contributed by atoms with Crippen LogP contribution >= 0.6 is 11.3 Å². The minimum Gasteiger partial charge on any atom is -0.476 e. The smallest absolute Gasteiger partial charge is 0.365 e. The summed E-state index contributed by atoms with van der Waals surface area (Å²) in [5, 5.41) is 9.98. The van der Waals surface area contributed by atoms with E-state index in [1.54, 1.807) is 0 Å². The number of carbonyl (C=O) groups is 1. The number of rotatable bonds is 2. The minimum atomic E-state index is -1.16. The molecule has 2 rings (SSSR count). The molecule has 0 unspecified atom stereocenters. The van der Waals surface area contributed by atoms with Gasteiger partial charge in [-0.2, -0.15) is 0 Å². The zero-order valence-electron chi connectivity index (χ0n) is 7.78. The maximum atomic E-state index is 12.9. The van der Waals surface area contributed by atoms with E-state index in [0.29, 0.717) is 0 Å². The summed E-state index contributed by atoms with van der Waals surface area (Å²) in [6.45, 7) is 0. The predicted octanol–water partition coefficient (Wildman–Crippen LogP) is 2.79. The highest BCUT2D eigenvalue weighted by Gasteiger charge is 2.11. The van der Waals surface area contributed by atoms with Gasteiger partial charge in [0.05, 0.1) is 5.69 Å². The van der Waals surface area contributed by atoms with E-state index in [1.807, 2.05) is 0 Å². The standard InChI is InChI=1S/C10H5F2NO2S/c11-6-1-5(2-7(12)3-6)8-4-16-9(13-8)10(14)15/h1-4H,(H,14,15). The molecule has 0 fully saturated rings. The normalized spacial score (nSPS) is 10.4. The molecule has 0 saturated carbocycles. The van der Waals surface area contributed by atoms with E-state index >= 15 is 0 Å². The van der Waals surface area contributed by atoms with Gasteiger partial charge in [0.2, 0.25) is 5.01 Å². The van der Waals surface area contributed by atoms with Crippen LogP contribution < -0.4 is 0 Å². The summed E-state index contributed by atoms with van der Waals surface area (Å²) in [5.41, 5.74) is 0.474. The van der Waals surface area contributed by atoms with Gasteiger partial charge in [-0.15, -0.1) is 11.3 Å². The first-order valence-electron chi connectivity index (χ1n) is 4.21. The zero-order chi connectivity index (χ0) is 11.7. The third-order valence-corrected chi connectivity index (χ3v) is 2.68. The molecule has 6 heteroatoms. The Morgan fingerprint density at radius 1 is 1.25 bits per heavy atom. The molecule has 0 aliphatic rings. The second kappa shape index (κ2) is 3.97. The summed E-state index contributed by atoms with van der Waals surface area (Å²) in [5.74, 6) is -2.60. The number of carboxylic acids is 1. The third kappa shape index (κ3) is 2.06. The summed E-state index contributed by atoms with van der Waals surface area (Å²) in [6, 6.07) is 2.95. The van der Waals surface area contributed by atoms with E-state index in [2.05, 4.69) is 4.98 Å². The lowest BCUT2D eigenvalue weighted by Gasteiger charge is -1.97. The molecule has 0 radical (unpaired) electrons. The van der Waals surface area contributed by atoms with Crippen molar-refractivity contribution in [3.8, 4) is 11.3 Å². The molecule has 1 aromatic carbocycles. The van der Waals surface area contributed by atoms with Gasteiger partial charge < -0.3 is 5.11 Å². The van der Waals surface area contributed by atoms with Gasteiger partial charge in [0.1, 0.15) is 11.6 Å². The average Bonchev–Trinajstić information content (AvgIpc) is 2.64. The number of carboxylic acid groups (broad SMARTS) is 1. The van der Waals surface area contributed by atoms with Crippen LogP contribution in [0.25, 0.3) is 11.3 Å². The maximum Gasteiger partial charge on any atom is 0.365 e. The first-order chi connectivity index (χ1) is 7.56. The first kappa shape index (κ1) is 10.7. The molecule has 0 aliphatic heterocycles. The van der Waals surface area contributed by atoms with Gasteiger partial charge in [0.25, 0.3) is 0 Å². The Labute approximate surface area is 93.0 Å². The minimum absolute atomic E-state index is 0.111. The molecule has 0 aliphatic carbocycles. The Morgan fingerprint density at radius 2 is 1.88 bits per heavy atom. The summed E-state index contributed by atoms with van der Waals surface area (Å²) in [4.78, 5) is 14.3. The van der Waals surface area contributed by atoms with Crippen molar-refractivity contribution < 1.29 is 18.7 Å². The lowest BCUT2D eigenvalue weighted by atomic mass is 10.1. The van der Waals surface area contributed by atoms with Crippen molar-refractivity contribution >= 4 is 17.3 Å². The molecule has 16 heavy (non-hydrogen) atoms. The van der Waals surface area contributed by atoms with Gasteiger partial charge in [-0.3, -0.25) is 0 Å². The van der Waals surface area contributed by atoms with Crippen LogP contribution in [0.3, 0.4) is 0 Å². The van der Waals surface area contributed by atoms with Gasteiger partial charge in [-0.05, 0) is 12.1 Å². The molecular formula is C10H5F2NO2S. The van der Waals surface area contributed by atoms with Crippen molar-refractivity contribution in [3.63, 3.8) is 0 Å². The largest absolute Gasteiger partial charge is 0.476 e. The van der Waals surface area contributed by atoms with E-state index in [4.69, 9.17) is 5.11 Å². The first-order valence-corrected chi connectivity index (χ1v) is 5.09. The lowest BCUT2D eigenvalue weighted by molar-refractivity contribution is 0.0696. The Hall–Kier alpha value is -1.82. The van der Waals surface area contributed by atoms with Crippen LogP contribution in [-0.4, -0.2) is 16.1 Å². The predicted molar refractivity (Wildman–Crippen MR) is 54.4 cm³/mol. The van der Waals surface area contributed by atoms with Crippen LogP contribution in [0, 0.1) is 11.6 Å². The van der Waals surface area contributed by atoms with Crippen LogP contribution in [-0.2, 0) is 0 Å². The molecule has 0 saturated heterocycles. The fraction of sp³-hybridized carbons (Fsp3) is 0. The van der Waals surface area contributed by atoms with Crippen molar-refractivity contribution in [2.45, 2.75) is 0 Å². The molecule has 1 aromatic heterocycles. The van der Waals surface area contributed by atoms with E-state index in [9.17, 15) is 13.6 Å². The van der Waals surface area contributed by atoms with Crippen LogP contribution in [0.2, 0.25) is 0 Å². The van der Waals surface area contributed by atoms with Gasteiger partial charge in [-0.25, -0.2) is 18.6 Å². The Morgan fingerprint density at radius 3 is 2.38 bits per heavy atom. The molecular weight excluding hydrogens is 236 g/mol. The topological polar surface area (TPSA) is 50.2 Å². The summed E-state index contributed by atoms with van der Waals surface area (Å²) >= 11 is 0.909. The number of benzene rings is 1. The molecule has 3 nitrogen and oxygen atoms in total. The van der Waals surface area contributed by atoms with Gasteiger partial charge >= 0.3 is 5.97 Å². The Balaban J connectivity index is 2.46. The summed E-state index contributed by atoms with van der Waals surface area (Å²) in [7, 11) is 0. The van der Waals surface area contributed by atoms with Crippen molar-refractivity contribution in [1.82, 2.24) is 4.98 Å². The fourth-order valence-corrected chi connectivity index (χ4v) is 1.87. The maximum absolute atomic E-state index is 12.9. The monoisotopic (exact) mass is 241 g/mol. The van der Waals surface area contributed by atoms with Crippen molar-refractivity contribution in [3.05, 3.63) is 40.2 Å². The highest BCUT2D eigenvalue weighted by Crippen LogP contribution is 2.23. The van der Waals surface area contributed by atoms with Crippen LogP contribution in [0.4, 0.5) is 8.78 Å².